The van der Waals surface area contributed by atoms with Crippen molar-refractivity contribution in [2.45, 2.75) is 12.6 Å². The van der Waals surface area contributed by atoms with Crippen molar-refractivity contribution in [2.24, 2.45) is 0 Å². The van der Waals surface area contributed by atoms with Crippen LogP contribution in [0.4, 0.5) is 0 Å². The molecule has 4 nitrogen and oxygen atoms in total. The molecule has 1 unspecified atom stereocenters. The average molecular weight is 200 g/mol. The number of hydrogen-bond acceptors (Lipinski definition) is 4. The molecule has 0 aromatic carbocycles. The van der Waals surface area contributed by atoms with Gasteiger partial charge in [-0.1, -0.05) is 6.58 Å². The Bertz CT molecular complexity index is 214. The van der Waals surface area contributed by atoms with E-state index in [1.807, 2.05) is 44.9 Å². The van der Waals surface area contributed by atoms with Crippen LogP contribution in [0.25, 0.3) is 0 Å². The molecule has 0 rings (SSSR count). The van der Waals surface area contributed by atoms with Crippen LogP contribution in [0.3, 0.4) is 0 Å². The molecule has 0 spiro atoms. The number of nitrogens with zero attached hydrogens (tertiary/aromatic N) is 2. The second-order valence-electron chi connectivity index (χ2n) is 3.93. The van der Waals surface area contributed by atoms with Crippen molar-refractivity contribution >= 4 is 5.97 Å². The van der Waals surface area contributed by atoms with E-state index in [1.165, 1.54) is 6.08 Å². The highest BCUT2D eigenvalue weighted by Crippen LogP contribution is 2.14. The van der Waals surface area contributed by atoms with E-state index < -0.39 is 11.7 Å². The molecule has 1 atom stereocenters. The summed E-state index contributed by atoms with van der Waals surface area (Å²) in [6.07, 6.45) is 1.18. The first-order valence-electron chi connectivity index (χ1n) is 4.49. The molecule has 0 heterocycles. The van der Waals surface area contributed by atoms with Gasteiger partial charge in [0.15, 0.2) is 5.72 Å². The molecule has 0 amide bonds. The van der Waals surface area contributed by atoms with Crippen LogP contribution in [0.2, 0.25) is 0 Å². The predicted molar refractivity (Wildman–Crippen MR) is 56.9 cm³/mol. The molecule has 0 aliphatic carbocycles. The van der Waals surface area contributed by atoms with Gasteiger partial charge in [0.2, 0.25) is 0 Å². The second-order valence-corrected chi connectivity index (χ2v) is 3.93. The lowest BCUT2D eigenvalue weighted by Gasteiger charge is -2.37. The van der Waals surface area contributed by atoms with Gasteiger partial charge in [0.25, 0.3) is 0 Å². The van der Waals surface area contributed by atoms with Gasteiger partial charge in [0.05, 0.1) is 6.54 Å². The summed E-state index contributed by atoms with van der Waals surface area (Å²) < 4.78 is 5.29. The molecule has 0 saturated carbocycles. The van der Waals surface area contributed by atoms with Gasteiger partial charge in [0.1, 0.15) is 0 Å². The molecule has 82 valence electrons. The van der Waals surface area contributed by atoms with Gasteiger partial charge in [-0.05, 0) is 35.1 Å². The molecule has 0 radical (unpaired) electrons. The Morgan fingerprint density at radius 3 is 2.21 bits per heavy atom. The van der Waals surface area contributed by atoms with Crippen LogP contribution in [0.1, 0.15) is 6.92 Å². The minimum Gasteiger partial charge on any atom is -0.439 e. The predicted octanol–water partition coefficient (Wildman–Crippen LogP) is 0.555. The third kappa shape index (κ3) is 3.89. The fourth-order valence-corrected chi connectivity index (χ4v) is 1.11. The normalized spacial score (nSPS) is 15.4. The van der Waals surface area contributed by atoms with Crippen LogP contribution < -0.4 is 0 Å². The maximum atomic E-state index is 11.1. The summed E-state index contributed by atoms with van der Waals surface area (Å²) in [6.45, 7) is 5.88. The lowest BCUT2D eigenvalue weighted by molar-refractivity contribution is -0.172. The van der Waals surface area contributed by atoms with Gasteiger partial charge in [0, 0.05) is 6.08 Å². The zero-order valence-electron chi connectivity index (χ0n) is 9.70. The summed E-state index contributed by atoms with van der Waals surface area (Å²) in [5, 5.41) is 0. The Hall–Kier alpha value is -0.870. The van der Waals surface area contributed by atoms with E-state index in [4.69, 9.17) is 4.74 Å². The number of ether oxygens (including phenoxy) is 1. The number of rotatable bonds is 5. The number of esters is 1. The number of carbonyl (C=O) groups excluding carboxylic acids is 1. The highest BCUT2D eigenvalue weighted by Gasteiger charge is 2.31. The molecule has 0 aromatic heterocycles. The standard InChI is InChI=1S/C10H20N2O2/c1-7-9(13)14-10(2,12(5)6)8-11(3)4/h7H,1,8H2,2-6H3. The van der Waals surface area contributed by atoms with Crippen molar-refractivity contribution in [1.82, 2.24) is 9.80 Å². The van der Waals surface area contributed by atoms with Gasteiger partial charge in [-0.15, -0.1) is 0 Å². The van der Waals surface area contributed by atoms with Gasteiger partial charge in [-0.25, -0.2) is 4.79 Å². The molecule has 0 aliphatic rings. The fourth-order valence-electron chi connectivity index (χ4n) is 1.11. The Labute approximate surface area is 86.1 Å². The molecule has 0 aromatic rings. The molecular weight excluding hydrogens is 180 g/mol. The highest BCUT2D eigenvalue weighted by atomic mass is 16.6. The smallest absolute Gasteiger partial charge is 0.331 e. The maximum Gasteiger partial charge on any atom is 0.331 e. The fraction of sp³-hybridized carbons (Fsp3) is 0.700. The maximum absolute atomic E-state index is 11.1. The van der Waals surface area contributed by atoms with Gasteiger partial charge < -0.3 is 9.64 Å². The number of likely N-dealkylation sites (N-methyl/N-ethyl adjacent to an activating group) is 2. The second kappa shape index (κ2) is 5.12. The molecule has 14 heavy (non-hydrogen) atoms. The number of hydrogen-bond donors (Lipinski definition) is 0. The SMILES string of the molecule is C=CC(=O)OC(C)(CN(C)C)N(C)C. The zero-order chi connectivity index (χ0) is 11.4. The van der Waals surface area contributed by atoms with Crippen molar-refractivity contribution in [3.05, 3.63) is 12.7 Å². The first-order valence-corrected chi connectivity index (χ1v) is 4.49. The summed E-state index contributed by atoms with van der Waals surface area (Å²) in [6, 6.07) is 0. The molecule has 0 fully saturated rings. The molecule has 0 saturated heterocycles. The quantitative estimate of drug-likeness (QED) is 0.369. The zero-order valence-corrected chi connectivity index (χ0v) is 9.70. The molecule has 4 heteroatoms. The van der Waals surface area contributed by atoms with E-state index >= 15 is 0 Å². The van der Waals surface area contributed by atoms with E-state index in [0.717, 1.165) is 0 Å². The van der Waals surface area contributed by atoms with Crippen molar-refractivity contribution < 1.29 is 9.53 Å². The van der Waals surface area contributed by atoms with Gasteiger partial charge >= 0.3 is 5.97 Å². The molecular formula is C10H20N2O2. The Balaban J connectivity index is 4.54. The van der Waals surface area contributed by atoms with Crippen LogP contribution in [-0.2, 0) is 9.53 Å². The lowest BCUT2D eigenvalue weighted by Crippen LogP contribution is -2.52. The highest BCUT2D eigenvalue weighted by molar-refractivity contribution is 5.81. The van der Waals surface area contributed by atoms with E-state index in [1.54, 1.807) is 0 Å². The summed E-state index contributed by atoms with van der Waals surface area (Å²) in [5.74, 6) is -0.400. The number of carbonyl (C=O) groups is 1. The van der Waals surface area contributed by atoms with Crippen LogP contribution in [-0.4, -0.2) is 56.2 Å². The Morgan fingerprint density at radius 1 is 1.43 bits per heavy atom. The van der Waals surface area contributed by atoms with Gasteiger partial charge in [-0.2, -0.15) is 0 Å². The van der Waals surface area contributed by atoms with E-state index in [-0.39, 0.29) is 0 Å². The Kier molecular flexibility index (Phi) is 4.80. The third-order valence-electron chi connectivity index (χ3n) is 2.04. The summed E-state index contributed by atoms with van der Waals surface area (Å²) >= 11 is 0. The first kappa shape index (κ1) is 13.1. The first-order chi connectivity index (χ1) is 6.31. The van der Waals surface area contributed by atoms with E-state index in [0.29, 0.717) is 6.54 Å². The Morgan fingerprint density at radius 2 is 1.93 bits per heavy atom. The van der Waals surface area contributed by atoms with Crippen LogP contribution in [0.15, 0.2) is 12.7 Å². The van der Waals surface area contributed by atoms with Crippen LogP contribution in [0.5, 0.6) is 0 Å². The average Bonchev–Trinajstić information content (AvgIpc) is 2.02. The van der Waals surface area contributed by atoms with Gasteiger partial charge in [-0.3, -0.25) is 4.90 Å². The summed E-state index contributed by atoms with van der Waals surface area (Å²) in [7, 11) is 7.62. The van der Waals surface area contributed by atoms with Crippen molar-refractivity contribution in [2.75, 3.05) is 34.7 Å². The van der Waals surface area contributed by atoms with Crippen molar-refractivity contribution in [3.63, 3.8) is 0 Å². The van der Waals surface area contributed by atoms with E-state index in [2.05, 4.69) is 6.58 Å². The molecule has 0 aliphatic heterocycles. The molecule has 0 N–H and O–H groups in total. The van der Waals surface area contributed by atoms with Crippen LogP contribution >= 0.6 is 0 Å². The lowest BCUT2D eigenvalue weighted by atomic mass is 10.2. The van der Waals surface area contributed by atoms with Crippen LogP contribution in [0, 0.1) is 0 Å². The largest absolute Gasteiger partial charge is 0.439 e. The van der Waals surface area contributed by atoms with Crippen molar-refractivity contribution in [1.29, 1.82) is 0 Å². The minimum absolute atomic E-state index is 0.400. The van der Waals surface area contributed by atoms with E-state index in [9.17, 15) is 4.79 Å². The summed E-state index contributed by atoms with van der Waals surface area (Å²) in [5.41, 5.74) is -0.616. The summed E-state index contributed by atoms with van der Waals surface area (Å²) in [4.78, 5) is 15.0. The third-order valence-corrected chi connectivity index (χ3v) is 2.04. The minimum atomic E-state index is -0.616. The monoisotopic (exact) mass is 200 g/mol. The topological polar surface area (TPSA) is 32.8 Å². The van der Waals surface area contributed by atoms with Crippen molar-refractivity contribution in [3.8, 4) is 0 Å². The molecule has 0 bridgehead atoms.